The summed E-state index contributed by atoms with van der Waals surface area (Å²) in [7, 11) is 1.77. The quantitative estimate of drug-likeness (QED) is 0.477. The minimum absolute atomic E-state index is 0.342. The Morgan fingerprint density at radius 3 is 2.70 bits per heavy atom. The first kappa shape index (κ1) is 21.4. The van der Waals surface area contributed by atoms with E-state index < -0.39 is 0 Å². The fourth-order valence-corrected chi connectivity index (χ4v) is 4.65. The van der Waals surface area contributed by atoms with E-state index in [0.717, 1.165) is 29.7 Å². The van der Waals surface area contributed by atoms with Gasteiger partial charge in [-0.05, 0) is 39.0 Å². The van der Waals surface area contributed by atoms with Crippen LogP contribution in [-0.4, -0.2) is 51.5 Å². The van der Waals surface area contributed by atoms with Gasteiger partial charge in [0.05, 0.1) is 17.5 Å². The Morgan fingerprint density at radius 2 is 1.94 bits per heavy atom. The Balaban J connectivity index is 1.57. The van der Waals surface area contributed by atoms with Gasteiger partial charge in [-0.1, -0.05) is 0 Å². The predicted molar refractivity (Wildman–Crippen MR) is 129 cm³/mol. The van der Waals surface area contributed by atoms with E-state index in [1.54, 1.807) is 17.9 Å². The molecule has 0 bridgehead atoms. The van der Waals surface area contributed by atoms with E-state index in [-0.39, 0.29) is 5.82 Å². The summed E-state index contributed by atoms with van der Waals surface area (Å²) in [4.78, 5) is 11.3. The summed E-state index contributed by atoms with van der Waals surface area (Å²) in [5.74, 6) is 0.887. The average Bonchev–Trinajstić information content (AvgIpc) is 3.14. The van der Waals surface area contributed by atoms with E-state index in [4.69, 9.17) is 4.74 Å². The van der Waals surface area contributed by atoms with Crippen LogP contribution < -0.4 is 20.3 Å². The van der Waals surface area contributed by atoms with Crippen LogP contribution >= 0.6 is 0 Å². The lowest BCUT2D eigenvalue weighted by molar-refractivity contribution is 0.344. The van der Waals surface area contributed by atoms with Gasteiger partial charge in [-0.15, -0.1) is 0 Å². The highest BCUT2D eigenvalue weighted by Crippen LogP contribution is 2.36. The van der Waals surface area contributed by atoms with Gasteiger partial charge in [0.25, 0.3) is 0 Å². The molecule has 2 N–H and O–H groups in total. The molecule has 0 saturated carbocycles. The van der Waals surface area contributed by atoms with Gasteiger partial charge in [-0.3, -0.25) is 4.68 Å². The van der Waals surface area contributed by atoms with Crippen LogP contribution in [0.5, 0.6) is 5.75 Å². The van der Waals surface area contributed by atoms with Crippen molar-refractivity contribution >= 4 is 39.0 Å². The number of halogens is 1. The van der Waals surface area contributed by atoms with Crippen LogP contribution in [0.3, 0.4) is 0 Å². The molecule has 4 aromatic rings. The second-order valence-corrected chi connectivity index (χ2v) is 8.69. The molecule has 172 valence electrons. The Kier molecular flexibility index (Phi) is 5.49. The van der Waals surface area contributed by atoms with Gasteiger partial charge >= 0.3 is 0 Å². The van der Waals surface area contributed by atoms with Gasteiger partial charge in [-0.25, -0.2) is 14.4 Å². The van der Waals surface area contributed by atoms with Crippen LogP contribution in [0, 0.1) is 5.82 Å². The first-order chi connectivity index (χ1) is 15.9. The number of anilines is 3. The molecule has 3 heterocycles. The third kappa shape index (κ3) is 4.16. The van der Waals surface area contributed by atoms with E-state index in [0.29, 0.717) is 46.8 Å². The second kappa shape index (κ2) is 8.47. The average molecular weight is 450 g/mol. The number of rotatable bonds is 5. The van der Waals surface area contributed by atoms with Crippen LogP contribution in [0.1, 0.15) is 20.8 Å². The number of nitrogens with zero attached hydrogens (tertiary/aromatic N) is 5. The molecule has 2 atom stereocenters. The fraction of sp³-hybridized carbons (Fsp3) is 0.375. The van der Waals surface area contributed by atoms with Crippen LogP contribution in [0.4, 0.5) is 21.6 Å². The van der Waals surface area contributed by atoms with Gasteiger partial charge in [0.1, 0.15) is 23.4 Å². The normalized spacial score (nSPS) is 18.8. The molecule has 1 aliphatic rings. The molecule has 0 aliphatic carbocycles. The topological polar surface area (TPSA) is 80.1 Å². The van der Waals surface area contributed by atoms with Crippen molar-refractivity contribution in [3.63, 3.8) is 0 Å². The lowest BCUT2D eigenvalue weighted by atomic mass is 10.1. The zero-order chi connectivity index (χ0) is 23.1. The lowest BCUT2D eigenvalue weighted by Crippen LogP contribution is -2.54. The maximum Gasteiger partial charge on any atom is 0.153 e. The summed E-state index contributed by atoms with van der Waals surface area (Å²) in [6.07, 6.45) is 3.31. The zero-order valence-electron chi connectivity index (χ0n) is 19.3. The Bertz CT molecular complexity index is 1310. The van der Waals surface area contributed by atoms with Crippen molar-refractivity contribution in [2.75, 3.05) is 29.9 Å². The smallest absolute Gasteiger partial charge is 0.153 e. The van der Waals surface area contributed by atoms with Gasteiger partial charge < -0.3 is 20.3 Å². The van der Waals surface area contributed by atoms with E-state index in [1.165, 1.54) is 12.4 Å². The molecule has 33 heavy (non-hydrogen) atoms. The Labute approximate surface area is 191 Å². The standard InChI is InChI=1S/C24H28FN7O/c1-5-33-21-9-18(32-10-14(2)28-15(3)11-32)8-20-22(21)24(27-13-26-20)29-17-6-16-12-31(4)30-23(16)19(25)7-17/h6-9,12-15,28H,5,10-11H2,1-4H3,(H,26,27,29)/t14-,15-/m0/s1. The molecule has 5 rings (SSSR count). The van der Waals surface area contributed by atoms with Crippen molar-refractivity contribution in [1.82, 2.24) is 25.1 Å². The maximum absolute atomic E-state index is 14.6. The van der Waals surface area contributed by atoms with Crippen molar-refractivity contribution in [1.29, 1.82) is 0 Å². The van der Waals surface area contributed by atoms with Crippen LogP contribution in [0.2, 0.25) is 0 Å². The lowest BCUT2D eigenvalue weighted by Gasteiger charge is -2.38. The largest absolute Gasteiger partial charge is 0.493 e. The molecule has 8 nitrogen and oxygen atoms in total. The van der Waals surface area contributed by atoms with Crippen molar-refractivity contribution in [3.05, 3.63) is 42.6 Å². The molecule has 2 aromatic heterocycles. The molecule has 0 amide bonds. The molecule has 1 fully saturated rings. The SMILES string of the molecule is CCOc1cc(N2C[C@H](C)N[C@@H](C)C2)cc2ncnc(Nc3cc(F)c4nn(C)cc4c3)c12. The number of benzene rings is 2. The van der Waals surface area contributed by atoms with Crippen molar-refractivity contribution in [3.8, 4) is 5.75 Å². The summed E-state index contributed by atoms with van der Waals surface area (Å²) < 4.78 is 22.2. The van der Waals surface area contributed by atoms with Gasteiger partial charge in [-0.2, -0.15) is 5.10 Å². The number of aromatic nitrogens is 4. The molecule has 1 saturated heterocycles. The van der Waals surface area contributed by atoms with Gasteiger partial charge in [0.15, 0.2) is 5.82 Å². The molecule has 2 aromatic carbocycles. The van der Waals surface area contributed by atoms with Crippen LogP contribution in [0.15, 0.2) is 36.8 Å². The van der Waals surface area contributed by atoms with Gasteiger partial charge in [0.2, 0.25) is 0 Å². The molecular formula is C24H28FN7O. The first-order valence-electron chi connectivity index (χ1n) is 11.2. The summed E-state index contributed by atoms with van der Waals surface area (Å²) in [6.45, 7) is 8.66. The highest BCUT2D eigenvalue weighted by Gasteiger charge is 2.23. The molecule has 0 spiro atoms. The van der Waals surface area contributed by atoms with Crippen LogP contribution in [-0.2, 0) is 7.05 Å². The Morgan fingerprint density at radius 1 is 1.15 bits per heavy atom. The Hall–Kier alpha value is -3.46. The first-order valence-corrected chi connectivity index (χ1v) is 11.2. The van der Waals surface area contributed by atoms with E-state index >= 15 is 0 Å². The summed E-state index contributed by atoms with van der Waals surface area (Å²) in [6, 6.07) is 8.19. The molecule has 9 heteroatoms. The van der Waals surface area contributed by atoms with E-state index in [2.05, 4.69) is 56.6 Å². The zero-order valence-corrected chi connectivity index (χ0v) is 19.3. The fourth-order valence-electron chi connectivity index (χ4n) is 4.65. The third-order valence-electron chi connectivity index (χ3n) is 5.85. The van der Waals surface area contributed by atoms with Crippen molar-refractivity contribution < 1.29 is 9.13 Å². The predicted octanol–water partition coefficient (Wildman–Crippen LogP) is 3.98. The maximum atomic E-state index is 14.6. The summed E-state index contributed by atoms with van der Waals surface area (Å²) >= 11 is 0. The molecule has 0 unspecified atom stereocenters. The number of aryl methyl sites for hydroxylation is 1. The van der Waals surface area contributed by atoms with Crippen molar-refractivity contribution in [2.24, 2.45) is 7.05 Å². The minimum atomic E-state index is -0.386. The second-order valence-electron chi connectivity index (χ2n) is 8.69. The molecule has 0 radical (unpaired) electrons. The number of nitrogens with one attached hydrogen (secondary N) is 2. The number of hydrogen-bond acceptors (Lipinski definition) is 7. The number of fused-ring (bicyclic) bond motifs is 2. The van der Waals surface area contributed by atoms with Crippen LogP contribution in [0.25, 0.3) is 21.8 Å². The number of hydrogen-bond donors (Lipinski definition) is 2. The summed E-state index contributed by atoms with van der Waals surface area (Å²) in [5, 5.41) is 12.5. The third-order valence-corrected chi connectivity index (χ3v) is 5.85. The minimum Gasteiger partial charge on any atom is -0.493 e. The van der Waals surface area contributed by atoms with E-state index in [1.807, 2.05) is 13.0 Å². The monoisotopic (exact) mass is 449 g/mol. The summed E-state index contributed by atoms with van der Waals surface area (Å²) in [5.41, 5.74) is 2.77. The van der Waals surface area contributed by atoms with E-state index in [9.17, 15) is 4.39 Å². The highest BCUT2D eigenvalue weighted by atomic mass is 19.1. The van der Waals surface area contributed by atoms with Gasteiger partial charge in [0, 0.05) is 61.2 Å². The number of ether oxygens (including phenoxy) is 1. The highest BCUT2D eigenvalue weighted by molar-refractivity contribution is 5.98. The molecule has 1 aliphatic heterocycles. The van der Waals surface area contributed by atoms with Crippen molar-refractivity contribution in [2.45, 2.75) is 32.9 Å². The molecular weight excluding hydrogens is 421 g/mol. The number of piperazine rings is 1.